The molecule has 1 atom stereocenters. The third kappa shape index (κ3) is 2.42. The molecule has 102 valence electrons. The second-order valence-corrected chi connectivity index (χ2v) is 5.02. The molecular formula is C16H17N3O. The predicted octanol–water partition coefficient (Wildman–Crippen LogP) is 1.96. The Labute approximate surface area is 118 Å². The average molecular weight is 267 g/mol. The highest BCUT2D eigenvalue weighted by atomic mass is 16.1. The van der Waals surface area contributed by atoms with Crippen molar-refractivity contribution in [2.24, 2.45) is 0 Å². The number of nitrogens with one attached hydrogen (secondary N) is 2. The van der Waals surface area contributed by atoms with Gasteiger partial charge >= 0.3 is 0 Å². The van der Waals surface area contributed by atoms with E-state index in [2.05, 4.69) is 40.7 Å². The maximum Gasteiger partial charge on any atom is 0.270 e. The van der Waals surface area contributed by atoms with Crippen molar-refractivity contribution in [2.75, 3.05) is 6.54 Å². The molecule has 4 heteroatoms. The summed E-state index contributed by atoms with van der Waals surface area (Å²) in [6.07, 6.45) is 1.63. The van der Waals surface area contributed by atoms with Crippen LogP contribution in [0.15, 0.2) is 42.6 Å². The van der Waals surface area contributed by atoms with Gasteiger partial charge < -0.3 is 10.6 Å². The molecule has 1 unspecified atom stereocenters. The van der Waals surface area contributed by atoms with E-state index in [4.69, 9.17) is 0 Å². The van der Waals surface area contributed by atoms with Crippen LogP contribution in [-0.4, -0.2) is 17.4 Å². The molecule has 2 heterocycles. The average Bonchev–Trinajstić information content (AvgIpc) is 2.48. The number of pyridine rings is 1. The Morgan fingerprint density at radius 2 is 2.20 bits per heavy atom. The lowest BCUT2D eigenvalue weighted by molar-refractivity contribution is 0.0929. The summed E-state index contributed by atoms with van der Waals surface area (Å²) in [5, 5.41) is 6.41. The molecule has 3 rings (SSSR count). The van der Waals surface area contributed by atoms with Crippen molar-refractivity contribution in [3.8, 4) is 0 Å². The molecule has 0 radical (unpaired) electrons. The summed E-state index contributed by atoms with van der Waals surface area (Å²) >= 11 is 0. The Bertz CT molecular complexity index is 625. The summed E-state index contributed by atoms with van der Waals surface area (Å²) in [6.45, 7) is 3.69. The van der Waals surface area contributed by atoms with Gasteiger partial charge in [-0.3, -0.25) is 9.78 Å². The fourth-order valence-corrected chi connectivity index (χ4v) is 2.70. The maximum atomic E-state index is 12.2. The van der Waals surface area contributed by atoms with Gasteiger partial charge in [0.25, 0.3) is 5.91 Å². The van der Waals surface area contributed by atoms with Crippen molar-refractivity contribution in [3.05, 3.63) is 65.0 Å². The van der Waals surface area contributed by atoms with Crippen LogP contribution < -0.4 is 10.6 Å². The van der Waals surface area contributed by atoms with Gasteiger partial charge in [0.2, 0.25) is 0 Å². The standard InChI is InChI=1S/C16H17N3O/c1-11-5-4-6-12-9-17-10-14(15(11)12)19-16(20)13-7-2-3-8-18-13/h2-8,14,17H,9-10H2,1H3,(H,19,20). The van der Waals surface area contributed by atoms with Gasteiger partial charge in [0, 0.05) is 19.3 Å². The van der Waals surface area contributed by atoms with E-state index in [1.807, 2.05) is 6.07 Å². The molecular weight excluding hydrogens is 250 g/mol. The summed E-state index contributed by atoms with van der Waals surface area (Å²) in [4.78, 5) is 16.3. The first kappa shape index (κ1) is 12.8. The number of fused-ring (bicyclic) bond motifs is 1. The number of hydrogen-bond acceptors (Lipinski definition) is 3. The van der Waals surface area contributed by atoms with Crippen LogP contribution in [0.1, 0.15) is 33.2 Å². The van der Waals surface area contributed by atoms with Crippen LogP contribution >= 0.6 is 0 Å². The maximum absolute atomic E-state index is 12.2. The highest BCUT2D eigenvalue weighted by Gasteiger charge is 2.23. The number of rotatable bonds is 2. The lowest BCUT2D eigenvalue weighted by Gasteiger charge is -2.28. The lowest BCUT2D eigenvalue weighted by Crippen LogP contribution is -2.40. The summed E-state index contributed by atoms with van der Waals surface area (Å²) in [7, 11) is 0. The zero-order chi connectivity index (χ0) is 13.9. The Kier molecular flexibility index (Phi) is 3.48. The van der Waals surface area contributed by atoms with Crippen molar-refractivity contribution < 1.29 is 4.79 Å². The minimum Gasteiger partial charge on any atom is -0.343 e. The highest BCUT2D eigenvalue weighted by Crippen LogP contribution is 2.25. The number of nitrogens with zero attached hydrogens (tertiary/aromatic N) is 1. The van der Waals surface area contributed by atoms with Gasteiger partial charge in [-0.15, -0.1) is 0 Å². The van der Waals surface area contributed by atoms with Gasteiger partial charge in [-0.25, -0.2) is 0 Å². The first-order chi connectivity index (χ1) is 9.75. The van der Waals surface area contributed by atoms with E-state index in [0.717, 1.165) is 13.1 Å². The Hall–Kier alpha value is -2.20. The van der Waals surface area contributed by atoms with E-state index >= 15 is 0 Å². The largest absolute Gasteiger partial charge is 0.343 e. The molecule has 2 N–H and O–H groups in total. The smallest absolute Gasteiger partial charge is 0.270 e. The molecule has 0 saturated carbocycles. The molecule has 1 aromatic heterocycles. The number of carbonyl (C=O) groups excluding carboxylic acids is 1. The second kappa shape index (κ2) is 5.43. The first-order valence-electron chi connectivity index (χ1n) is 6.76. The number of carbonyl (C=O) groups is 1. The predicted molar refractivity (Wildman–Crippen MR) is 77.3 cm³/mol. The molecule has 1 aliphatic heterocycles. The molecule has 2 aromatic rings. The molecule has 1 aliphatic rings. The number of amides is 1. The zero-order valence-corrected chi connectivity index (χ0v) is 11.4. The van der Waals surface area contributed by atoms with Crippen LogP contribution in [0.3, 0.4) is 0 Å². The van der Waals surface area contributed by atoms with Gasteiger partial charge in [-0.1, -0.05) is 24.3 Å². The molecule has 1 amide bonds. The lowest BCUT2D eigenvalue weighted by atomic mass is 9.92. The fourth-order valence-electron chi connectivity index (χ4n) is 2.70. The first-order valence-corrected chi connectivity index (χ1v) is 6.76. The molecule has 0 bridgehead atoms. The molecule has 4 nitrogen and oxygen atoms in total. The van der Waals surface area contributed by atoms with E-state index in [0.29, 0.717) is 5.69 Å². The topological polar surface area (TPSA) is 54.0 Å². The van der Waals surface area contributed by atoms with Crippen molar-refractivity contribution in [1.82, 2.24) is 15.6 Å². The summed E-state index contributed by atoms with van der Waals surface area (Å²) < 4.78 is 0. The quantitative estimate of drug-likeness (QED) is 0.874. The Morgan fingerprint density at radius 3 is 3.00 bits per heavy atom. The minimum atomic E-state index is -0.131. The third-order valence-electron chi connectivity index (χ3n) is 3.63. The van der Waals surface area contributed by atoms with Crippen molar-refractivity contribution >= 4 is 5.91 Å². The Morgan fingerprint density at radius 1 is 1.30 bits per heavy atom. The van der Waals surface area contributed by atoms with Crippen LogP contribution in [0.2, 0.25) is 0 Å². The van der Waals surface area contributed by atoms with E-state index < -0.39 is 0 Å². The highest BCUT2D eigenvalue weighted by molar-refractivity contribution is 5.92. The van der Waals surface area contributed by atoms with Crippen LogP contribution in [0, 0.1) is 6.92 Å². The van der Waals surface area contributed by atoms with E-state index in [9.17, 15) is 4.79 Å². The normalized spacial score (nSPS) is 17.4. The molecule has 0 spiro atoms. The summed E-state index contributed by atoms with van der Waals surface area (Å²) in [6, 6.07) is 11.6. The van der Waals surface area contributed by atoms with Crippen molar-refractivity contribution in [2.45, 2.75) is 19.5 Å². The monoisotopic (exact) mass is 267 g/mol. The van der Waals surface area contributed by atoms with Gasteiger partial charge in [-0.2, -0.15) is 0 Å². The van der Waals surface area contributed by atoms with Crippen LogP contribution in [0.4, 0.5) is 0 Å². The van der Waals surface area contributed by atoms with Gasteiger partial charge in [0.1, 0.15) is 5.69 Å². The number of aryl methyl sites for hydroxylation is 1. The molecule has 20 heavy (non-hydrogen) atoms. The fraction of sp³-hybridized carbons (Fsp3) is 0.250. The van der Waals surface area contributed by atoms with Crippen molar-refractivity contribution in [1.29, 1.82) is 0 Å². The Balaban J connectivity index is 1.85. The van der Waals surface area contributed by atoms with Gasteiger partial charge in [0.05, 0.1) is 6.04 Å². The molecule has 1 aromatic carbocycles. The molecule has 0 fully saturated rings. The number of aromatic nitrogens is 1. The minimum absolute atomic E-state index is 0.00513. The van der Waals surface area contributed by atoms with Crippen LogP contribution in [0.5, 0.6) is 0 Å². The van der Waals surface area contributed by atoms with E-state index in [-0.39, 0.29) is 11.9 Å². The van der Waals surface area contributed by atoms with E-state index in [1.165, 1.54) is 16.7 Å². The number of hydrogen-bond donors (Lipinski definition) is 2. The van der Waals surface area contributed by atoms with Crippen molar-refractivity contribution in [3.63, 3.8) is 0 Å². The summed E-state index contributed by atoms with van der Waals surface area (Å²) in [5.41, 5.74) is 4.15. The zero-order valence-electron chi connectivity index (χ0n) is 11.4. The van der Waals surface area contributed by atoms with E-state index in [1.54, 1.807) is 18.3 Å². The third-order valence-corrected chi connectivity index (χ3v) is 3.63. The van der Waals surface area contributed by atoms with Gasteiger partial charge in [0.15, 0.2) is 0 Å². The van der Waals surface area contributed by atoms with Crippen LogP contribution in [-0.2, 0) is 6.54 Å². The molecule has 0 aliphatic carbocycles. The second-order valence-electron chi connectivity index (χ2n) is 5.02. The SMILES string of the molecule is Cc1cccc2c1C(NC(=O)c1ccccn1)CNC2. The summed E-state index contributed by atoms with van der Waals surface area (Å²) in [5.74, 6) is -0.131. The number of benzene rings is 1. The molecule has 0 saturated heterocycles. The van der Waals surface area contributed by atoms with Crippen LogP contribution in [0.25, 0.3) is 0 Å². The van der Waals surface area contributed by atoms with Gasteiger partial charge in [-0.05, 0) is 35.7 Å².